The lowest BCUT2D eigenvalue weighted by atomic mass is 10.0. The Bertz CT molecular complexity index is 722. The highest BCUT2D eigenvalue weighted by molar-refractivity contribution is 7.15. The second kappa shape index (κ2) is 7.67. The number of hydrogen-bond acceptors (Lipinski definition) is 4. The van der Waals surface area contributed by atoms with Gasteiger partial charge < -0.3 is 5.32 Å². The molecule has 2 heterocycles. The van der Waals surface area contributed by atoms with E-state index < -0.39 is 0 Å². The normalized spacial score (nSPS) is 18.2. The molecule has 4 rings (SSSR count). The SMILES string of the molecule is O=C(CC1CCCC1)Nc1nc2c(s1)CN(Cc1ccccc1)CC2. The zero-order valence-corrected chi connectivity index (χ0v) is 15.4. The van der Waals surface area contributed by atoms with Gasteiger partial charge in [0.15, 0.2) is 5.13 Å². The van der Waals surface area contributed by atoms with E-state index in [0.29, 0.717) is 12.3 Å². The van der Waals surface area contributed by atoms with Gasteiger partial charge in [-0.1, -0.05) is 43.2 Å². The molecule has 132 valence electrons. The Balaban J connectivity index is 1.34. The fraction of sp³-hybridized carbons (Fsp3) is 0.500. The summed E-state index contributed by atoms with van der Waals surface area (Å²) in [6.07, 6.45) is 6.59. The first-order valence-electron chi connectivity index (χ1n) is 9.31. The number of fused-ring (bicyclic) bond motifs is 1. The summed E-state index contributed by atoms with van der Waals surface area (Å²) in [5.74, 6) is 0.718. The Morgan fingerprint density at radius 3 is 2.84 bits per heavy atom. The smallest absolute Gasteiger partial charge is 0.226 e. The van der Waals surface area contributed by atoms with Crippen molar-refractivity contribution in [3.05, 3.63) is 46.5 Å². The van der Waals surface area contributed by atoms with Crippen molar-refractivity contribution in [2.45, 2.75) is 51.6 Å². The van der Waals surface area contributed by atoms with E-state index in [1.54, 1.807) is 11.3 Å². The lowest BCUT2D eigenvalue weighted by molar-refractivity contribution is -0.117. The van der Waals surface area contributed by atoms with Crippen molar-refractivity contribution in [2.24, 2.45) is 5.92 Å². The zero-order valence-electron chi connectivity index (χ0n) is 14.5. The molecule has 1 N–H and O–H groups in total. The van der Waals surface area contributed by atoms with Crippen LogP contribution in [0.1, 0.15) is 48.2 Å². The molecule has 25 heavy (non-hydrogen) atoms. The number of amides is 1. The Labute approximate surface area is 153 Å². The van der Waals surface area contributed by atoms with Gasteiger partial charge in [-0.25, -0.2) is 4.98 Å². The Morgan fingerprint density at radius 1 is 1.24 bits per heavy atom. The largest absolute Gasteiger partial charge is 0.302 e. The van der Waals surface area contributed by atoms with Crippen LogP contribution in [0.25, 0.3) is 0 Å². The van der Waals surface area contributed by atoms with E-state index in [2.05, 4.69) is 45.5 Å². The molecule has 0 unspecified atom stereocenters. The van der Waals surface area contributed by atoms with E-state index >= 15 is 0 Å². The van der Waals surface area contributed by atoms with Gasteiger partial charge in [-0.15, -0.1) is 11.3 Å². The van der Waals surface area contributed by atoms with Gasteiger partial charge in [-0.05, 0) is 24.3 Å². The zero-order chi connectivity index (χ0) is 17.1. The average molecular weight is 356 g/mol. The number of nitrogens with one attached hydrogen (secondary N) is 1. The minimum Gasteiger partial charge on any atom is -0.302 e. The second-order valence-electron chi connectivity index (χ2n) is 7.24. The van der Waals surface area contributed by atoms with Crippen LogP contribution in [0.5, 0.6) is 0 Å². The Morgan fingerprint density at radius 2 is 2.04 bits per heavy atom. The van der Waals surface area contributed by atoms with Crippen molar-refractivity contribution in [2.75, 3.05) is 11.9 Å². The molecule has 0 radical (unpaired) electrons. The summed E-state index contributed by atoms with van der Waals surface area (Å²) in [6, 6.07) is 10.6. The van der Waals surface area contributed by atoms with Crippen LogP contribution in [0.4, 0.5) is 5.13 Å². The number of aromatic nitrogens is 1. The van der Waals surface area contributed by atoms with Crippen LogP contribution >= 0.6 is 11.3 Å². The van der Waals surface area contributed by atoms with E-state index in [1.165, 1.54) is 41.8 Å². The van der Waals surface area contributed by atoms with Crippen molar-refractivity contribution in [1.29, 1.82) is 0 Å². The van der Waals surface area contributed by atoms with E-state index in [1.807, 2.05) is 0 Å². The predicted octanol–water partition coefficient (Wildman–Crippen LogP) is 4.22. The molecule has 1 aromatic carbocycles. The van der Waals surface area contributed by atoms with Gasteiger partial charge in [-0.2, -0.15) is 0 Å². The number of benzene rings is 1. The lowest BCUT2D eigenvalue weighted by Crippen LogP contribution is -2.29. The third-order valence-electron chi connectivity index (χ3n) is 5.25. The summed E-state index contributed by atoms with van der Waals surface area (Å²) in [5.41, 5.74) is 2.52. The molecule has 0 bridgehead atoms. The lowest BCUT2D eigenvalue weighted by Gasteiger charge is -2.25. The third-order valence-corrected chi connectivity index (χ3v) is 6.25. The first-order chi connectivity index (χ1) is 12.3. The molecule has 0 spiro atoms. The van der Waals surface area contributed by atoms with Crippen LogP contribution in [0, 0.1) is 5.92 Å². The summed E-state index contributed by atoms with van der Waals surface area (Å²) in [4.78, 5) is 20.7. The highest BCUT2D eigenvalue weighted by atomic mass is 32.1. The molecule has 1 amide bonds. The number of carbonyl (C=O) groups is 1. The van der Waals surface area contributed by atoms with E-state index in [-0.39, 0.29) is 5.91 Å². The molecule has 1 aliphatic heterocycles. The summed E-state index contributed by atoms with van der Waals surface area (Å²) in [7, 11) is 0. The summed E-state index contributed by atoms with van der Waals surface area (Å²) < 4.78 is 0. The van der Waals surface area contributed by atoms with Gasteiger partial charge in [0.25, 0.3) is 0 Å². The van der Waals surface area contributed by atoms with Crippen molar-refractivity contribution in [3.8, 4) is 0 Å². The van der Waals surface area contributed by atoms with Crippen LogP contribution in [0.2, 0.25) is 0 Å². The fourth-order valence-corrected chi connectivity index (χ4v) is 4.99. The molecular weight excluding hydrogens is 330 g/mol. The third kappa shape index (κ3) is 4.28. The first kappa shape index (κ1) is 16.7. The van der Waals surface area contributed by atoms with Gasteiger partial charge in [0.05, 0.1) is 5.69 Å². The number of nitrogens with zero attached hydrogens (tertiary/aromatic N) is 2. The Kier molecular flexibility index (Phi) is 5.13. The van der Waals surface area contributed by atoms with Crippen LogP contribution < -0.4 is 5.32 Å². The molecule has 2 aromatic rings. The van der Waals surface area contributed by atoms with Gasteiger partial charge >= 0.3 is 0 Å². The van der Waals surface area contributed by atoms with Crippen LogP contribution in [-0.2, 0) is 24.3 Å². The van der Waals surface area contributed by atoms with Gasteiger partial charge in [0, 0.05) is 37.4 Å². The minimum absolute atomic E-state index is 0.138. The van der Waals surface area contributed by atoms with Crippen molar-refractivity contribution in [3.63, 3.8) is 0 Å². The highest BCUT2D eigenvalue weighted by Gasteiger charge is 2.23. The van der Waals surface area contributed by atoms with Crippen LogP contribution in [0.3, 0.4) is 0 Å². The maximum Gasteiger partial charge on any atom is 0.226 e. The van der Waals surface area contributed by atoms with E-state index in [4.69, 9.17) is 0 Å². The van der Waals surface area contributed by atoms with E-state index in [9.17, 15) is 4.79 Å². The monoisotopic (exact) mass is 355 g/mol. The average Bonchev–Trinajstić information content (AvgIpc) is 3.24. The van der Waals surface area contributed by atoms with E-state index in [0.717, 1.165) is 31.2 Å². The van der Waals surface area contributed by atoms with Crippen molar-refractivity contribution in [1.82, 2.24) is 9.88 Å². The number of anilines is 1. The van der Waals surface area contributed by atoms with Gasteiger partial charge in [0.1, 0.15) is 0 Å². The maximum atomic E-state index is 12.2. The number of hydrogen-bond donors (Lipinski definition) is 1. The molecule has 1 fully saturated rings. The number of thiazole rings is 1. The first-order valence-corrected chi connectivity index (χ1v) is 10.1. The molecule has 2 aliphatic rings. The van der Waals surface area contributed by atoms with Crippen LogP contribution in [0.15, 0.2) is 30.3 Å². The maximum absolute atomic E-state index is 12.2. The topological polar surface area (TPSA) is 45.2 Å². The molecule has 0 atom stereocenters. The van der Waals surface area contributed by atoms with Gasteiger partial charge in [0.2, 0.25) is 5.91 Å². The molecule has 1 aromatic heterocycles. The second-order valence-corrected chi connectivity index (χ2v) is 8.32. The van der Waals surface area contributed by atoms with Crippen LogP contribution in [-0.4, -0.2) is 22.3 Å². The van der Waals surface area contributed by atoms with Crippen molar-refractivity contribution < 1.29 is 4.79 Å². The molecular formula is C20H25N3OS. The molecule has 1 aliphatic carbocycles. The Hall–Kier alpha value is -1.72. The number of rotatable bonds is 5. The summed E-state index contributed by atoms with van der Waals surface area (Å²) in [5, 5.41) is 3.83. The standard InChI is InChI=1S/C20H25N3OS/c24-19(12-15-6-4-5-7-15)22-20-21-17-10-11-23(14-18(17)25-20)13-16-8-2-1-3-9-16/h1-3,8-9,15H,4-7,10-14H2,(H,21,22,24). The molecule has 1 saturated carbocycles. The van der Waals surface area contributed by atoms with Gasteiger partial charge in [-0.3, -0.25) is 9.69 Å². The number of carbonyl (C=O) groups excluding carboxylic acids is 1. The molecule has 0 saturated heterocycles. The quantitative estimate of drug-likeness (QED) is 0.873. The summed E-state index contributed by atoms with van der Waals surface area (Å²) >= 11 is 1.65. The van der Waals surface area contributed by atoms with Crippen molar-refractivity contribution >= 4 is 22.4 Å². The predicted molar refractivity (Wildman–Crippen MR) is 102 cm³/mol. The summed E-state index contributed by atoms with van der Waals surface area (Å²) in [6.45, 7) is 2.93. The highest BCUT2D eigenvalue weighted by Crippen LogP contribution is 2.31. The molecule has 4 nitrogen and oxygen atoms in total. The molecule has 5 heteroatoms. The fourth-order valence-electron chi connectivity index (χ4n) is 3.93. The minimum atomic E-state index is 0.138.